The number of aliphatic hydroxyl groups is 1. The minimum Gasteiger partial charge on any atom is -0.462 e. The van der Waals surface area contributed by atoms with Crippen LogP contribution in [-0.4, -0.2) is 96.7 Å². The number of ether oxygens (including phenoxy) is 4. The van der Waals surface area contributed by atoms with Crippen molar-refractivity contribution in [3.05, 3.63) is 0 Å². The van der Waals surface area contributed by atoms with E-state index in [1.54, 1.807) is 0 Å². The van der Waals surface area contributed by atoms with Gasteiger partial charge in [0.05, 0.1) is 26.4 Å². The van der Waals surface area contributed by atoms with E-state index in [1.165, 1.54) is 308 Å². The zero-order chi connectivity index (χ0) is 82.2. The molecule has 0 saturated carbocycles. The van der Waals surface area contributed by atoms with Crippen molar-refractivity contribution in [2.45, 2.75) is 516 Å². The van der Waals surface area contributed by atoms with Crippen LogP contribution < -0.4 is 0 Å². The van der Waals surface area contributed by atoms with Gasteiger partial charge in [0.1, 0.15) is 19.3 Å². The second-order valence-electron chi connectivity index (χ2n) is 34.4. The number of phosphoric acid groups is 2. The molecule has 0 amide bonds. The number of unbranched alkanes of at least 4 members (excludes halogenated alkanes) is 57. The molecule has 0 spiro atoms. The van der Waals surface area contributed by atoms with Crippen molar-refractivity contribution in [2.75, 3.05) is 39.6 Å². The molecule has 666 valence electrons. The first-order valence-corrected chi connectivity index (χ1v) is 50.9. The van der Waals surface area contributed by atoms with E-state index in [9.17, 15) is 43.2 Å². The molecule has 0 heterocycles. The predicted molar refractivity (Wildman–Crippen MR) is 465 cm³/mol. The SMILES string of the molecule is CCCCCCCCCCCCC(=O)OC[C@H](COP(=O)(O)OC[C@H](O)COP(=O)(O)OC[C@@H](COC(=O)CCCCCCCCCCCCCCCCCCCCC(C)CC)OC(=O)CCCCCCCCCCCCCCCCCCCCC(C)CC)OC(=O)CCCCCCCCCCCCCCCCCC(C)C. The van der Waals surface area contributed by atoms with Crippen molar-refractivity contribution >= 4 is 39.5 Å². The zero-order valence-electron chi connectivity index (χ0n) is 74.2. The Morgan fingerprint density at radius 2 is 0.455 bits per heavy atom. The van der Waals surface area contributed by atoms with Gasteiger partial charge in [-0.2, -0.15) is 0 Å². The van der Waals surface area contributed by atoms with Gasteiger partial charge in [0, 0.05) is 25.7 Å². The molecule has 19 heteroatoms. The van der Waals surface area contributed by atoms with Gasteiger partial charge in [-0.3, -0.25) is 37.3 Å². The molecule has 0 aromatic heterocycles. The zero-order valence-corrected chi connectivity index (χ0v) is 75.9. The average Bonchev–Trinajstić information content (AvgIpc) is 0.898. The van der Waals surface area contributed by atoms with Crippen molar-refractivity contribution in [1.82, 2.24) is 0 Å². The Kier molecular flexibility index (Phi) is 81.3. The summed E-state index contributed by atoms with van der Waals surface area (Å²) in [6, 6.07) is 0. The Bertz CT molecular complexity index is 2150. The molecule has 0 radical (unpaired) electrons. The first-order valence-electron chi connectivity index (χ1n) is 47.9. The molecule has 0 aliphatic carbocycles. The summed E-state index contributed by atoms with van der Waals surface area (Å²) in [4.78, 5) is 73.4. The first kappa shape index (κ1) is 110. The van der Waals surface area contributed by atoms with E-state index in [0.717, 1.165) is 108 Å². The molecule has 0 aliphatic heterocycles. The highest BCUT2D eigenvalue weighted by atomic mass is 31.2. The lowest BCUT2D eigenvalue weighted by Gasteiger charge is -2.21. The maximum absolute atomic E-state index is 13.2. The summed E-state index contributed by atoms with van der Waals surface area (Å²) >= 11 is 0. The van der Waals surface area contributed by atoms with Crippen LogP contribution in [0.5, 0.6) is 0 Å². The second-order valence-corrected chi connectivity index (χ2v) is 37.3. The summed E-state index contributed by atoms with van der Waals surface area (Å²) in [5.74, 6) is 0.451. The Morgan fingerprint density at radius 3 is 0.679 bits per heavy atom. The van der Waals surface area contributed by atoms with Crippen molar-refractivity contribution < 1.29 is 80.2 Å². The van der Waals surface area contributed by atoms with E-state index in [4.69, 9.17) is 37.0 Å². The third kappa shape index (κ3) is 83.1. The molecule has 0 fully saturated rings. The monoisotopic (exact) mass is 1630 g/mol. The van der Waals surface area contributed by atoms with Crippen LogP contribution in [0.4, 0.5) is 0 Å². The highest BCUT2D eigenvalue weighted by molar-refractivity contribution is 7.47. The second kappa shape index (κ2) is 82.7. The molecule has 0 bridgehead atoms. The highest BCUT2D eigenvalue weighted by Crippen LogP contribution is 2.45. The number of hydrogen-bond donors (Lipinski definition) is 3. The normalized spacial score (nSPS) is 14.2. The Hall–Kier alpha value is -1.94. The minimum atomic E-state index is -4.97. The van der Waals surface area contributed by atoms with Crippen LogP contribution >= 0.6 is 15.6 Å². The molecule has 0 rings (SSSR count). The van der Waals surface area contributed by atoms with Crippen molar-refractivity contribution in [3.63, 3.8) is 0 Å². The summed E-state index contributed by atoms with van der Waals surface area (Å²) < 4.78 is 69.1. The van der Waals surface area contributed by atoms with Gasteiger partial charge < -0.3 is 33.8 Å². The molecule has 0 aromatic rings. The molecule has 0 aliphatic rings. The van der Waals surface area contributed by atoms with Crippen LogP contribution in [0.2, 0.25) is 0 Å². The lowest BCUT2D eigenvalue weighted by atomic mass is 9.99. The van der Waals surface area contributed by atoms with Crippen molar-refractivity contribution in [2.24, 2.45) is 17.8 Å². The average molecular weight is 1630 g/mol. The van der Waals surface area contributed by atoms with Crippen LogP contribution in [0.1, 0.15) is 498 Å². The third-order valence-corrected chi connectivity index (χ3v) is 24.5. The Labute approximate surface area is 689 Å². The van der Waals surface area contributed by atoms with E-state index in [2.05, 4.69) is 48.5 Å². The smallest absolute Gasteiger partial charge is 0.462 e. The number of aliphatic hydroxyl groups excluding tert-OH is 1. The largest absolute Gasteiger partial charge is 0.472 e. The molecular formula is C93H182O17P2. The minimum absolute atomic E-state index is 0.108. The van der Waals surface area contributed by atoms with E-state index in [0.29, 0.717) is 25.7 Å². The van der Waals surface area contributed by atoms with Gasteiger partial charge >= 0.3 is 39.5 Å². The van der Waals surface area contributed by atoms with Crippen LogP contribution in [-0.2, 0) is 65.4 Å². The summed E-state index contributed by atoms with van der Waals surface area (Å²) in [6.45, 7) is 12.2. The van der Waals surface area contributed by atoms with Crippen molar-refractivity contribution in [3.8, 4) is 0 Å². The maximum Gasteiger partial charge on any atom is 0.472 e. The first-order chi connectivity index (χ1) is 54.3. The van der Waals surface area contributed by atoms with Crippen LogP contribution in [0, 0.1) is 17.8 Å². The van der Waals surface area contributed by atoms with Crippen LogP contribution in [0.15, 0.2) is 0 Å². The lowest BCUT2D eigenvalue weighted by molar-refractivity contribution is -0.161. The van der Waals surface area contributed by atoms with E-state index in [-0.39, 0.29) is 25.7 Å². The van der Waals surface area contributed by atoms with Crippen molar-refractivity contribution in [1.29, 1.82) is 0 Å². The number of esters is 4. The topological polar surface area (TPSA) is 237 Å². The third-order valence-electron chi connectivity index (χ3n) is 22.6. The Morgan fingerprint density at radius 1 is 0.259 bits per heavy atom. The quantitative estimate of drug-likeness (QED) is 0.0222. The maximum atomic E-state index is 13.2. The summed E-state index contributed by atoms with van der Waals surface area (Å²) in [5, 5.41) is 10.7. The standard InChI is InChI=1S/C93H182O17P2/c1-8-11-12-13-14-15-46-53-60-67-74-90(95)103-80-88(109-92(97)77-70-63-56-49-42-36-30-24-25-31-37-43-50-57-64-71-84(4)5)82-107-111(99,100)105-78-87(94)79-106-112(101,102)108-83-89(110-93(98)76-69-62-55-48-41-35-29-23-19-17-21-27-33-39-45-52-59-66-73-86(7)10-3)81-104-91(96)75-68-61-54-47-40-34-28-22-18-16-20-26-32-38-44-51-58-65-72-85(6)9-2/h84-89,94H,8-83H2,1-7H3,(H,99,100)(H,101,102)/t85?,86?,87-,88+,89+/m0/s1. The van der Waals surface area contributed by atoms with E-state index >= 15 is 0 Å². The number of carbonyl (C=O) groups is 4. The summed E-state index contributed by atoms with van der Waals surface area (Å²) in [7, 11) is -9.94. The number of rotatable bonds is 91. The molecule has 0 saturated heterocycles. The molecule has 17 nitrogen and oxygen atoms in total. The van der Waals surface area contributed by atoms with Gasteiger partial charge in [0.15, 0.2) is 12.2 Å². The van der Waals surface area contributed by atoms with Gasteiger partial charge in [0.2, 0.25) is 0 Å². The molecule has 4 unspecified atom stereocenters. The summed E-state index contributed by atoms with van der Waals surface area (Å²) in [5.41, 5.74) is 0. The number of hydrogen-bond acceptors (Lipinski definition) is 15. The molecule has 3 N–H and O–H groups in total. The van der Waals surface area contributed by atoms with Crippen LogP contribution in [0.3, 0.4) is 0 Å². The Balaban J connectivity index is 5.21. The highest BCUT2D eigenvalue weighted by Gasteiger charge is 2.31. The van der Waals surface area contributed by atoms with Gasteiger partial charge in [-0.1, -0.05) is 447 Å². The van der Waals surface area contributed by atoms with E-state index in [1.807, 2.05) is 0 Å². The fraction of sp³-hybridized carbons (Fsp3) is 0.957. The van der Waals surface area contributed by atoms with Gasteiger partial charge in [-0.25, -0.2) is 9.13 Å². The number of phosphoric ester groups is 2. The molecule has 0 aromatic carbocycles. The lowest BCUT2D eigenvalue weighted by Crippen LogP contribution is -2.30. The number of carbonyl (C=O) groups excluding carboxylic acids is 4. The predicted octanol–water partition coefficient (Wildman–Crippen LogP) is 28.8. The van der Waals surface area contributed by atoms with Gasteiger partial charge in [0.25, 0.3) is 0 Å². The van der Waals surface area contributed by atoms with Gasteiger partial charge in [-0.05, 0) is 43.4 Å². The fourth-order valence-corrected chi connectivity index (χ4v) is 16.1. The molecular weight excluding hydrogens is 1450 g/mol. The van der Waals surface area contributed by atoms with Gasteiger partial charge in [-0.15, -0.1) is 0 Å². The van der Waals surface area contributed by atoms with Crippen LogP contribution in [0.25, 0.3) is 0 Å². The fourth-order valence-electron chi connectivity index (χ4n) is 14.5. The van der Waals surface area contributed by atoms with E-state index < -0.39 is 97.5 Å². The molecule has 7 atom stereocenters. The summed E-state index contributed by atoms with van der Waals surface area (Å²) in [6.07, 6.45) is 76.4. The molecule has 112 heavy (non-hydrogen) atoms.